The molecule has 2 rings (SSSR count). The van der Waals surface area contributed by atoms with Crippen LogP contribution in [0.15, 0.2) is 24.3 Å². The van der Waals surface area contributed by atoms with Gasteiger partial charge in [-0.25, -0.2) is 0 Å². The summed E-state index contributed by atoms with van der Waals surface area (Å²) in [7, 11) is 0. The Bertz CT molecular complexity index is 532. The van der Waals surface area contributed by atoms with Crippen molar-refractivity contribution >= 4 is 29.4 Å². The Kier molecular flexibility index (Phi) is 2.28. The number of primary amides is 1. The molecule has 1 aromatic carbocycles. The quantitative estimate of drug-likeness (QED) is 0.551. The first-order valence-corrected chi connectivity index (χ1v) is 4.56. The summed E-state index contributed by atoms with van der Waals surface area (Å²) in [6.45, 7) is 0. The van der Waals surface area contributed by atoms with E-state index < -0.39 is 17.6 Å². The average Bonchev–Trinajstić information content (AvgIpc) is 2.52. The van der Waals surface area contributed by atoms with E-state index in [4.69, 9.17) is 5.73 Å². The fourth-order valence-electron chi connectivity index (χ4n) is 1.53. The van der Waals surface area contributed by atoms with Crippen molar-refractivity contribution in [3.63, 3.8) is 0 Å². The second-order valence-electron chi connectivity index (χ2n) is 3.29. The van der Waals surface area contributed by atoms with E-state index in [0.29, 0.717) is 11.3 Å². The molecule has 0 bridgehead atoms. The second kappa shape index (κ2) is 3.62. The van der Waals surface area contributed by atoms with Crippen LogP contribution in [0.2, 0.25) is 0 Å². The lowest BCUT2D eigenvalue weighted by atomic mass is 10.0. The Labute approximate surface area is 90.9 Å². The zero-order valence-electron chi connectivity index (χ0n) is 8.19. The van der Waals surface area contributed by atoms with E-state index in [1.165, 1.54) is 6.08 Å². The van der Waals surface area contributed by atoms with Crippen LogP contribution in [-0.2, 0) is 9.59 Å². The van der Waals surface area contributed by atoms with E-state index in [2.05, 4.69) is 5.32 Å². The molecule has 1 heterocycles. The van der Waals surface area contributed by atoms with Crippen LogP contribution >= 0.6 is 0 Å². The van der Waals surface area contributed by atoms with Crippen molar-refractivity contribution in [2.75, 3.05) is 5.32 Å². The van der Waals surface area contributed by atoms with Gasteiger partial charge in [0.05, 0.1) is 11.3 Å². The summed E-state index contributed by atoms with van der Waals surface area (Å²) in [6, 6.07) is 4.94. The first-order valence-electron chi connectivity index (χ1n) is 4.56. The topological polar surface area (TPSA) is 89.3 Å². The van der Waals surface area contributed by atoms with Gasteiger partial charge in [-0.2, -0.15) is 0 Å². The van der Waals surface area contributed by atoms with E-state index in [1.807, 2.05) is 0 Å². The van der Waals surface area contributed by atoms with Crippen LogP contribution in [0.25, 0.3) is 6.08 Å². The van der Waals surface area contributed by atoms with Gasteiger partial charge in [0.2, 0.25) is 5.91 Å². The second-order valence-corrected chi connectivity index (χ2v) is 3.29. The number of hydrogen-bond acceptors (Lipinski definition) is 3. The lowest BCUT2D eigenvalue weighted by Gasteiger charge is -1.99. The molecule has 0 saturated heterocycles. The van der Waals surface area contributed by atoms with Gasteiger partial charge < -0.3 is 11.1 Å². The predicted octanol–water partition coefficient (Wildman–Crippen LogP) is 0.320. The van der Waals surface area contributed by atoms with Crippen molar-refractivity contribution in [3.05, 3.63) is 35.4 Å². The first kappa shape index (κ1) is 10.1. The third-order valence-electron chi connectivity index (χ3n) is 2.21. The number of hydrogen-bond donors (Lipinski definition) is 2. The van der Waals surface area contributed by atoms with E-state index in [1.54, 1.807) is 18.2 Å². The monoisotopic (exact) mass is 216 g/mol. The molecule has 0 aliphatic carbocycles. The summed E-state index contributed by atoms with van der Waals surface area (Å²) in [5, 5.41) is 2.44. The molecule has 0 radical (unpaired) electrons. The molecule has 1 aliphatic rings. The summed E-state index contributed by atoms with van der Waals surface area (Å²) in [5.41, 5.74) is 6.20. The molecule has 0 fully saturated rings. The van der Waals surface area contributed by atoms with Crippen LogP contribution in [0.5, 0.6) is 0 Å². The third kappa shape index (κ3) is 1.58. The lowest BCUT2D eigenvalue weighted by Crippen LogP contribution is -2.13. The molecule has 0 saturated carbocycles. The lowest BCUT2D eigenvalue weighted by molar-refractivity contribution is -0.113. The maximum absolute atomic E-state index is 11.5. The SMILES string of the molecule is NC(=O)C=Cc1cccc2c1C(=O)C(=O)N2. The van der Waals surface area contributed by atoms with E-state index in [-0.39, 0.29) is 5.56 Å². The van der Waals surface area contributed by atoms with Crippen molar-refractivity contribution in [1.82, 2.24) is 0 Å². The number of benzene rings is 1. The first-order chi connectivity index (χ1) is 7.59. The molecule has 5 nitrogen and oxygen atoms in total. The van der Waals surface area contributed by atoms with Crippen molar-refractivity contribution in [2.45, 2.75) is 0 Å². The molecule has 0 unspecified atom stereocenters. The summed E-state index contributed by atoms with van der Waals surface area (Å²) < 4.78 is 0. The Balaban J connectivity index is 2.50. The van der Waals surface area contributed by atoms with Gasteiger partial charge in [-0.3, -0.25) is 14.4 Å². The maximum Gasteiger partial charge on any atom is 0.296 e. The third-order valence-corrected chi connectivity index (χ3v) is 2.21. The molecule has 0 atom stereocenters. The fraction of sp³-hybridized carbons (Fsp3) is 0. The molecule has 3 N–H and O–H groups in total. The number of ketones is 1. The summed E-state index contributed by atoms with van der Waals surface area (Å²) in [5.74, 6) is -1.86. The summed E-state index contributed by atoms with van der Waals surface area (Å²) in [4.78, 5) is 33.2. The number of rotatable bonds is 2. The Morgan fingerprint density at radius 1 is 1.31 bits per heavy atom. The van der Waals surface area contributed by atoms with Crippen LogP contribution in [0.1, 0.15) is 15.9 Å². The minimum Gasteiger partial charge on any atom is -0.366 e. The number of nitrogens with one attached hydrogen (secondary N) is 1. The highest BCUT2D eigenvalue weighted by Crippen LogP contribution is 2.26. The molecule has 1 aliphatic heterocycles. The van der Waals surface area contributed by atoms with Crippen LogP contribution < -0.4 is 11.1 Å². The molecule has 16 heavy (non-hydrogen) atoms. The van der Waals surface area contributed by atoms with Gasteiger partial charge >= 0.3 is 0 Å². The van der Waals surface area contributed by atoms with Crippen molar-refractivity contribution in [1.29, 1.82) is 0 Å². The molecule has 80 valence electrons. The molecular weight excluding hydrogens is 208 g/mol. The van der Waals surface area contributed by atoms with Crippen molar-refractivity contribution < 1.29 is 14.4 Å². The predicted molar refractivity (Wildman–Crippen MR) is 57.6 cm³/mol. The van der Waals surface area contributed by atoms with E-state index in [0.717, 1.165) is 6.08 Å². The molecule has 0 spiro atoms. The van der Waals surface area contributed by atoms with Crippen molar-refractivity contribution in [3.8, 4) is 0 Å². The average molecular weight is 216 g/mol. The number of Topliss-reactive ketones (excluding diaryl/α,β-unsaturated/α-hetero) is 1. The smallest absolute Gasteiger partial charge is 0.296 e. The number of carbonyl (C=O) groups excluding carboxylic acids is 3. The molecular formula is C11H8N2O3. The number of anilines is 1. The van der Waals surface area contributed by atoms with Crippen molar-refractivity contribution in [2.24, 2.45) is 5.73 Å². The Morgan fingerprint density at radius 2 is 2.06 bits per heavy atom. The number of nitrogens with two attached hydrogens (primary N) is 1. The zero-order chi connectivity index (χ0) is 11.7. The minimum atomic E-state index is -0.657. The molecule has 1 aromatic rings. The maximum atomic E-state index is 11.5. The highest BCUT2D eigenvalue weighted by Gasteiger charge is 2.29. The number of carbonyl (C=O) groups is 3. The van der Waals surface area contributed by atoms with Crippen LogP contribution in [0, 0.1) is 0 Å². The Morgan fingerprint density at radius 3 is 2.75 bits per heavy atom. The largest absolute Gasteiger partial charge is 0.366 e. The fourth-order valence-corrected chi connectivity index (χ4v) is 1.53. The van der Waals surface area contributed by atoms with E-state index in [9.17, 15) is 14.4 Å². The summed E-state index contributed by atoms with van der Waals surface area (Å²) >= 11 is 0. The van der Waals surface area contributed by atoms with Crippen LogP contribution in [0.4, 0.5) is 5.69 Å². The standard InChI is InChI=1S/C11H8N2O3/c12-8(14)5-4-6-2-1-3-7-9(6)10(15)11(16)13-7/h1-5H,(H2,12,14)(H,13,15,16). The van der Waals surface area contributed by atoms with Gasteiger partial charge in [0.25, 0.3) is 11.7 Å². The zero-order valence-corrected chi connectivity index (χ0v) is 8.19. The van der Waals surface area contributed by atoms with Gasteiger partial charge in [0, 0.05) is 6.08 Å². The normalized spacial score (nSPS) is 14.0. The van der Waals surface area contributed by atoms with Crippen LogP contribution in [0.3, 0.4) is 0 Å². The molecule has 2 amide bonds. The highest BCUT2D eigenvalue weighted by molar-refractivity contribution is 6.52. The Hall–Kier alpha value is -2.43. The summed E-state index contributed by atoms with van der Waals surface area (Å²) in [6.07, 6.45) is 2.56. The van der Waals surface area contributed by atoms with E-state index >= 15 is 0 Å². The van der Waals surface area contributed by atoms with Gasteiger partial charge in [-0.15, -0.1) is 0 Å². The van der Waals surface area contributed by atoms with Gasteiger partial charge in [-0.05, 0) is 17.7 Å². The van der Waals surface area contributed by atoms with Gasteiger partial charge in [0.1, 0.15) is 0 Å². The van der Waals surface area contributed by atoms with Crippen LogP contribution in [-0.4, -0.2) is 17.6 Å². The highest BCUT2D eigenvalue weighted by atomic mass is 16.2. The molecule has 5 heteroatoms. The minimum absolute atomic E-state index is 0.282. The van der Waals surface area contributed by atoms with Gasteiger partial charge in [-0.1, -0.05) is 12.1 Å². The van der Waals surface area contributed by atoms with Gasteiger partial charge in [0.15, 0.2) is 0 Å². The number of amides is 2. The number of fused-ring (bicyclic) bond motifs is 1. The molecule has 0 aromatic heterocycles.